The van der Waals surface area contributed by atoms with E-state index in [0.29, 0.717) is 6.07 Å². The van der Waals surface area contributed by atoms with E-state index in [9.17, 15) is 13.6 Å². The van der Waals surface area contributed by atoms with Crippen molar-refractivity contribution < 1.29 is 13.6 Å². The minimum atomic E-state index is -0.910. The van der Waals surface area contributed by atoms with Crippen molar-refractivity contribution in [2.24, 2.45) is 0 Å². The lowest BCUT2D eigenvalue weighted by molar-refractivity contribution is 0.0726. The van der Waals surface area contributed by atoms with Crippen LogP contribution in [0.25, 0.3) is 0 Å². The average molecular weight is 252 g/mol. The zero-order valence-corrected chi connectivity index (χ0v) is 10.5. The van der Waals surface area contributed by atoms with Crippen LogP contribution in [0.4, 0.5) is 8.78 Å². The molecule has 1 aromatic rings. The third-order valence-electron chi connectivity index (χ3n) is 2.60. The second-order valence-electron chi connectivity index (χ2n) is 4.27. The number of carbonyl (C=O) groups excluding carboxylic acids is 1. The Bertz CT molecular complexity index is 506. The molecule has 0 bridgehead atoms. The summed E-state index contributed by atoms with van der Waals surface area (Å²) in [6, 6.07) is 3.47. The normalized spacial score (nSPS) is 10.3. The largest absolute Gasteiger partial charge is 0.323 e. The van der Waals surface area contributed by atoms with Gasteiger partial charge >= 0.3 is 0 Å². The van der Waals surface area contributed by atoms with Crippen LogP contribution in [-0.4, -0.2) is 23.4 Å². The van der Waals surface area contributed by atoms with Crippen molar-refractivity contribution in [1.29, 1.82) is 5.26 Å². The van der Waals surface area contributed by atoms with Gasteiger partial charge in [-0.2, -0.15) is 5.26 Å². The topological polar surface area (TPSA) is 44.1 Å². The first-order valence-corrected chi connectivity index (χ1v) is 5.52. The highest BCUT2D eigenvalue weighted by Gasteiger charge is 2.22. The van der Waals surface area contributed by atoms with Crippen molar-refractivity contribution in [3.63, 3.8) is 0 Å². The van der Waals surface area contributed by atoms with E-state index >= 15 is 0 Å². The van der Waals surface area contributed by atoms with Crippen LogP contribution in [0, 0.1) is 29.9 Å². The summed E-state index contributed by atoms with van der Waals surface area (Å²) in [6.07, 6.45) is 0. The van der Waals surface area contributed by atoms with Gasteiger partial charge in [0.1, 0.15) is 18.2 Å². The molecule has 96 valence electrons. The fourth-order valence-electron chi connectivity index (χ4n) is 1.54. The van der Waals surface area contributed by atoms with Crippen LogP contribution in [0.3, 0.4) is 0 Å². The lowest BCUT2D eigenvalue weighted by Crippen LogP contribution is -2.37. The summed E-state index contributed by atoms with van der Waals surface area (Å²) < 4.78 is 26.7. The maximum atomic E-state index is 13.6. The van der Waals surface area contributed by atoms with E-state index < -0.39 is 17.5 Å². The number of hydrogen-bond donors (Lipinski definition) is 0. The van der Waals surface area contributed by atoms with Crippen LogP contribution in [-0.2, 0) is 0 Å². The quantitative estimate of drug-likeness (QED) is 0.776. The molecule has 3 nitrogen and oxygen atoms in total. The first-order valence-electron chi connectivity index (χ1n) is 5.52. The molecule has 0 saturated carbocycles. The van der Waals surface area contributed by atoms with Gasteiger partial charge in [-0.3, -0.25) is 4.79 Å². The van der Waals surface area contributed by atoms with Crippen LogP contribution in [0.5, 0.6) is 0 Å². The van der Waals surface area contributed by atoms with E-state index in [4.69, 9.17) is 5.26 Å². The number of hydrogen-bond acceptors (Lipinski definition) is 2. The highest BCUT2D eigenvalue weighted by atomic mass is 19.1. The Morgan fingerprint density at radius 2 is 2.00 bits per heavy atom. The molecule has 0 atom stereocenters. The fraction of sp³-hybridized carbons (Fsp3) is 0.385. The van der Waals surface area contributed by atoms with Gasteiger partial charge in [-0.1, -0.05) is 0 Å². The molecule has 0 aliphatic rings. The Morgan fingerprint density at radius 3 is 2.50 bits per heavy atom. The van der Waals surface area contributed by atoms with E-state index in [1.54, 1.807) is 13.8 Å². The van der Waals surface area contributed by atoms with Gasteiger partial charge in [0, 0.05) is 12.1 Å². The van der Waals surface area contributed by atoms with Gasteiger partial charge in [-0.05, 0) is 32.4 Å². The van der Waals surface area contributed by atoms with E-state index in [1.165, 1.54) is 17.9 Å². The van der Waals surface area contributed by atoms with E-state index in [1.807, 2.05) is 6.07 Å². The molecule has 0 spiro atoms. The van der Waals surface area contributed by atoms with Gasteiger partial charge in [0.15, 0.2) is 0 Å². The summed E-state index contributed by atoms with van der Waals surface area (Å²) in [4.78, 5) is 13.3. The summed E-state index contributed by atoms with van der Waals surface area (Å²) in [5.41, 5.74) is -0.0155. The molecule has 0 unspecified atom stereocenters. The number of rotatable bonds is 3. The lowest BCUT2D eigenvalue weighted by atomic mass is 10.1. The van der Waals surface area contributed by atoms with Crippen molar-refractivity contribution in [2.75, 3.05) is 6.54 Å². The van der Waals surface area contributed by atoms with Crippen LogP contribution in [0.15, 0.2) is 12.1 Å². The molecule has 0 aliphatic heterocycles. The van der Waals surface area contributed by atoms with Crippen molar-refractivity contribution >= 4 is 5.91 Å². The average Bonchev–Trinajstić information content (AvgIpc) is 2.29. The summed E-state index contributed by atoms with van der Waals surface area (Å²) in [6.45, 7) is 4.77. The predicted octanol–water partition coefficient (Wildman–Crippen LogP) is 2.65. The number of amides is 1. The van der Waals surface area contributed by atoms with Gasteiger partial charge in [0.2, 0.25) is 0 Å². The molecule has 0 aliphatic carbocycles. The molecular formula is C13H14F2N2O. The van der Waals surface area contributed by atoms with Crippen molar-refractivity contribution in [3.8, 4) is 6.07 Å². The second-order valence-corrected chi connectivity index (χ2v) is 4.27. The Labute approximate surface area is 105 Å². The van der Waals surface area contributed by atoms with Gasteiger partial charge in [-0.25, -0.2) is 8.78 Å². The molecule has 0 fully saturated rings. The van der Waals surface area contributed by atoms with Gasteiger partial charge in [0.05, 0.1) is 11.6 Å². The second kappa shape index (κ2) is 5.58. The van der Waals surface area contributed by atoms with Crippen LogP contribution >= 0.6 is 0 Å². The van der Waals surface area contributed by atoms with Gasteiger partial charge < -0.3 is 4.90 Å². The Hall–Kier alpha value is -1.96. The van der Waals surface area contributed by atoms with Crippen molar-refractivity contribution in [2.45, 2.75) is 26.8 Å². The number of carbonyl (C=O) groups is 1. The number of aryl methyl sites for hydroxylation is 1. The van der Waals surface area contributed by atoms with Crippen molar-refractivity contribution in [1.82, 2.24) is 4.90 Å². The number of nitrogens with zero attached hydrogens (tertiary/aromatic N) is 2. The minimum Gasteiger partial charge on any atom is -0.323 e. The molecule has 0 radical (unpaired) electrons. The zero-order chi connectivity index (χ0) is 13.9. The lowest BCUT2D eigenvalue weighted by Gasteiger charge is -2.24. The molecule has 1 amide bonds. The maximum absolute atomic E-state index is 13.6. The van der Waals surface area contributed by atoms with E-state index in [0.717, 1.165) is 0 Å². The number of benzene rings is 1. The molecule has 0 aromatic heterocycles. The Balaban J connectivity index is 3.17. The van der Waals surface area contributed by atoms with Crippen LogP contribution < -0.4 is 0 Å². The smallest absolute Gasteiger partial charge is 0.257 e. The molecule has 18 heavy (non-hydrogen) atoms. The Kier molecular flexibility index (Phi) is 4.38. The number of nitriles is 1. The standard InChI is InChI=1S/C13H14F2N2O/c1-8(2)17(5-4-16)13(18)10-6-9(3)11(14)7-12(10)15/h6-8H,5H2,1-3H3. The van der Waals surface area contributed by atoms with E-state index in [2.05, 4.69) is 0 Å². The first kappa shape index (κ1) is 14.1. The minimum absolute atomic E-state index is 0.133. The van der Waals surface area contributed by atoms with E-state index in [-0.39, 0.29) is 23.7 Å². The zero-order valence-electron chi connectivity index (χ0n) is 10.5. The monoisotopic (exact) mass is 252 g/mol. The summed E-state index contributed by atoms with van der Waals surface area (Å²) >= 11 is 0. The highest BCUT2D eigenvalue weighted by molar-refractivity contribution is 5.95. The van der Waals surface area contributed by atoms with Crippen molar-refractivity contribution in [3.05, 3.63) is 34.9 Å². The molecule has 5 heteroatoms. The fourth-order valence-corrected chi connectivity index (χ4v) is 1.54. The highest BCUT2D eigenvalue weighted by Crippen LogP contribution is 2.17. The molecular weight excluding hydrogens is 238 g/mol. The van der Waals surface area contributed by atoms with Crippen LogP contribution in [0.1, 0.15) is 29.8 Å². The molecule has 1 aromatic carbocycles. The van der Waals surface area contributed by atoms with Crippen LogP contribution in [0.2, 0.25) is 0 Å². The summed E-state index contributed by atoms with van der Waals surface area (Å²) in [5, 5.41) is 8.65. The Morgan fingerprint density at radius 1 is 1.39 bits per heavy atom. The molecule has 0 heterocycles. The molecule has 0 saturated heterocycles. The summed E-state index contributed by atoms with van der Waals surface area (Å²) in [7, 11) is 0. The molecule has 1 rings (SSSR count). The SMILES string of the molecule is Cc1cc(C(=O)N(CC#N)C(C)C)c(F)cc1F. The van der Waals surface area contributed by atoms with Gasteiger partial charge in [-0.15, -0.1) is 0 Å². The molecule has 0 N–H and O–H groups in total. The predicted molar refractivity (Wildman–Crippen MR) is 62.9 cm³/mol. The summed E-state index contributed by atoms with van der Waals surface area (Å²) in [5.74, 6) is -2.21. The number of halogens is 2. The first-order chi connectivity index (χ1) is 8.38. The third kappa shape index (κ3) is 2.83. The maximum Gasteiger partial charge on any atom is 0.257 e. The van der Waals surface area contributed by atoms with Gasteiger partial charge in [0.25, 0.3) is 5.91 Å². The third-order valence-corrected chi connectivity index (χ3v) is 2.60.